The predicted molar refractivity (Wildman–Crippen MR) is 51.5 cm³/mol. The van der Waals surface area contributed by atoms with Crippen molar-refractivity contribution in [3.05, 3.63) is 24.3 Å². The lowest BCUT2D eigenvalue weighted by molar-refractivity contribution is -0.134. The summed E-state index contributed by atoms with van der Waals surface area (Å²) in [5, 5.41) is 0. The number of carbonyl (C=O) groups excluding carboxylic acids is 2. The third kappa shape index (κ3) is 0.912. The van der Waals surface area contributed by atoms with E-state index in [1.165, 1.54) is 12.2 Å². The Morgan fingerprint density at radius 1 is 0.857 bits per heavy atom. The molecular weight excluding hydrogens is 176 g/mol. The predicted octanol–water partition coefficient (Wildman–Crippen LogP) is 1.52. The zero-order valence-electron chi connectivity index (χ0n) is 7.85. The molecule has 0 spiro atoms. The van der Waals surface area contributed by atoms with Gasteiger partial charge in [-0.05, 0) is 36.8 Å². The summed E-state index contributed by atoms with van der Waals surface area (Å²) in [4.78, 5) is 23.4. The van der Waals surface area contributed by atoms with Crippen LogP contribution in [-0.2, 0) is 9.59 Å². The summed E-state index contributed by atoms with van der Waals surface area (Å²) in [6.07, 6.45) is 9.37. The molecule has 0 radical (unpaired) electrons. The highest BCUT2D eigenvalue weighted by Gasteiger charge is 2.47. The second-order valence-corrected chi connectivity index (χ2v) is 4.48. The molecule has 1 saturated carbocycles. The van der Waals surface area contributed by atoms with Crippen LogP contribution in [0, 0.1) is 23.7 Å². The van der Waals surface area contributed by atoms with Crippen molar-refractivity contribution in [1.29, 1.82) is 0 Å². The first-order valence-electron chi connectivity index (χ1n) is 5.21. The number of rotatable bonds is 0. The van der Waals surface area contributed by atoms with E-state index in [9.17, 15) is 9.59 Å². The molecule has 0 unspecified atom stereocenters. The van der Waals surface area contributed by atoms with Crippen molar-refractivity contribution >= 4 is 11.6 Å². The smallest absolute Gasteiger partial charge is 0.160 e. The molecule has 0 amide bonds. The van der Waals surface area contributed by atoms with Crippen molar-refractivity contribution in [2.24, 2.45) is 23.7 Å². The van der Waals surface area contributed by atoms with Crippen molar-refractivity contribution in [1.82, 2.24) is 0 Å². The second kappa shape index (κ2) is 2.66. The highest BCUT2D eigenvalue weighted by molar-refractivity contribution is 6.08. The highest BCUT2D eigenvalue weighted by Crippen LogP contribution is 2.47. The first-order valence-corrected chi connectivity index (χ1v) is 5.21. The molecule has 0 saturated heterocycles. The van der Waals surface area contributed by atoms with Crippen LogP contribution in [0.2, 0.25) is 0 Å². The maximum Gasteiger partial charge on any atom is 0.160 e. The molecule has 4 atom stereocenters. The number of hydrogen-bond donors (Lipinski definition) is 0. The van der Waals surface area contributed by atoms with E-state index in [2.05, 4.69) is 12.2 Å². The number of fused-ring (bicyclic) bond motifs is 1. The Morgan fingerprint density at radius 3 is 1.64 bits per heavy atom. The monoisotopic (exact) mass is 188 g/mol. The Kier molecular flexibility index (Phi) is 1.55. The lowest BCUT2D eigenvalue weighted by Gasteiger charge is -2.43. The Labute approximate surface area is 82.7 Å². The molecule has 1 fully saturated rings. The Balaban J connectivity index is 2.09. The average Bonchev–Trinajstić information content (AvgIpc) is 2.25. The lowest BCUT2D eigenvalue weighted by atomic mass is 9.58. The molecule has 72 valence electrons. The van der Waals surface area contributed by atoms with E-state index >= 15 is 0 Å². The second-order valence-electron chi connectivity index (χ2n) is 4.48. The van der Waals surface area contributed by atoms with E-state index in [1.807, 2.05) is 0 Å². The highest BCUT2D eigenvalue weighted by atomic mass is 16.1. The van der Waals surface area contributed by atoms with E-state index < -0.39 is 0 Å². The SMILES string of the molecule is O=C1C=CC(=O)[C@H]2[C@H]1[C@@H]1C=C[C@H]2CC1. The van der Waals surface area contributed by atoms with Gasteiger partial charge in [-0.2, -0.15) is 0 Å². The summed E-state index contributed by atoms with van der Waals surface area (Å²) in [7, 11) is 0. The molecule has 4 rings (SSSR count). The molecule has 0 aromatic rings. The Hall–Kier alpha value is -1.18. The van der Waals surface area contributed by atoms with Gasteiger partial charge in [0.25, 0.3) is 0 Å². The van der Waals surface area contributed by atoms with E-state index in [0.717, 1.165) is 12.8 Å². The van der Waals surface area contributed by atoms with Gasteiger partial charge >= 0.3 is 0 Å². The van der Waals surface area contributed by atoms with Gasteiger partial charge in [0.2, 0.25) is 0 Å². The van der Waals surface area contributed by atoms with Crippen molar-refractivity contribution in [2.45, 2.75) is 12.8 Å². The largest absolute Gasteiger partial charge is 0.294 e. The van der Waals surface area contributed by atoms with Gasteiger partial charge in [-0.1, -0.05) is 12.2 Å². The summed E-state index contributed by atoms with van der Waals surface area (Å²) < 4.78 is 0. The summed E-state index contributed by atoms with van der Waals surface area (Å²) in [6, 6.07) is 0. The lowest BCUT2D eigenvalue weighted by Crippen LogP contribution is -2.46. The minimum atomic E-state index is -0.0313. The quantitative estimate of drug-likeness (QED) is 0.540. The van der Waals surface area contributed by atoms with Gasteiger partial charge in [0, 0.05) is 11.8 Å². The number of hydrogen-bond acceptors (Lipinski definition) is 2. The molecule has 14 heavy (non-hydrogen) atoms. The normalized spacial score (nSPS) is 44.3. The van der Waals surface area contributed by atoms with Gasteiger partial charge in [-0.15, -0.1) is 0 Å². The summed E-state index contributed by atoms with van der Waals surface area (Å²) in [5.74, 6) is 0.910. The molecule has 0 aliphatic heterocycles. The fraction of sp³-hybridized carbons (Fsp3) is 0.500. The van der Waals surface area contributed by atoms with Gasteiger partial charge in [-0.25, -0.2) is 0 Å². The average molecular weight is 188 g/mol. The Bertz CT molecular complexity index is 331. The fourth-order valence-corrected chi connectivity index (χ4v) is 3.16. The van der Waals surface area contributed by atoms with Crippen molar-refractivity contribution < 1.29 is 9.59 Å². The van der Waals surface area contributed by atoms with Crippen LogP contribution in [0.25, 0.3) is 0 Å². The minimum Gasteiger partial charge on any atom is -0.294 e. The van der Waals surface area contributed by atoms with Crippen LogP contribution in [0.5, 0.6) is 0 Å². The molecule has 2 heteroatoms. The molecule has 0 N–H and O–H groups in total. The van der Waals surface area contributed by atoms with Crippen LogP contribution in [0.3, 0.4) is 0 Å². The zero-order chi connectivity index (χ0) is 9.71. The van der Waals surface area contributed by atoms with Gasteiger partial charge in [0.05, 0.1) is 0 Å². The summed E-state index contributed by atoms with van der Waals surface area (Å²) in [6.45, 7) is 0. The minimum absolute atomic E-state index is 0.0313. The molecule has 0 aromatic heterocycles. The molecule has 4 aliphatic carbocycles. The van der Waals surface area contributed by atoms with Crippen LogP contribution < -0.4 is 0 Å². The Morgan fingerprint density at radius 2 is 1.29 bits per heavy atom. The van der Waals surface area contributed by atoms with Crippen LogP contribution in [0.1, 0.15) is 12.8 Å². The molecular formula is C12H12O2. The number of allylic oxidation sites excluding steroid dienone is 4. The topological polar surface area (TPSA) is 34.1 Å². The molecule has 2 bridgehead atoms. The fourth-order valence-electron chi connectivity index (χ4n) is 3.16. The molecule has 0 heterocycles. The standard InChI is InChI=1S/C12H12O2/c13-9-5-6-10(14)12-8-2-1-7(3-4-8)11(9)12/h1-2,5-8,11-12H,3-4H2/t7-,8+,11-,12-/m0/s1. The van der Waals surface area contributed by atoms with Crippen molar-refractivity contribution in [3.63, 3.8) is 0 Å². The van der Waals surface area contributed by atoms with Gasteiger partial charge in [0.15, 0.2) is 11.6 Å². The molecule has 0 aromatic carbocycles. The molecule has 2 nitrogen and oxygen atoms in total. The van der Waals surface area contributed by atoms with E-state index in [1.54, 1.807) is 0 Å². The van der Waals surface area contributed by atoms with Crippen LogP contribution in [0.4, 0.5) is 0 Å². The van der Waals surface area contributed by atoms with Crippen LogP contribution >= 0.6 is 0 Å². The summed E-state index contributed by atoms with van der Waals surface area (Å²) in [5.41, 5.74) is 0. The summed E-state index contributed by atoms with van der Waals surface area (Å²) >= 11 is 0. The van der Waals surface area contributed by atoms with Gasteiger partial charge in [-0.3, -0.25) is 9.59 Å². The van der Waals surface area contributed by atoms with E-state index in [-0.39, 0.29) is 23.4 Å². The zero-order valence-corrected chi connectivity index (χ0v) is 7.85. The van der Waals surface area contributed by atoms with E-state index in [4.69, 9.17) is 0 Å². The van der Waals surface area contributed by atoms with Gasteiger partial charge < -0.3 is 0 Å². The first-order chi connectivity index (χ1) is 6.77. The molecule has 4 aliphatic rings. The number of carbonyl (C=O) groups is 2. The van der Waals surface area contributed by atoms with Crippen LogP contribution in [-0.4, -0.2) is 11.6 Å². The van der Waals surface area contributed by atoms with Gasteiger partial charge in [0.1, 0.15) is 0 Å². The van der Waals surface area contributed by atoms with Crippen molar-refractivity contribution in [2.75, 3.05) is 0 Å². The third-order valence-electron chi connectivity index (χ3n) is 3.82. The van der Waals surface area contributed by atoms with E-state index in [0.29, 0.717) is 11.8 Å². The third-order valence-corrected chi connectivity index (χ3v) is 3.82. The number of ketones is 2. The maximum atomic E-state index is 11.7. The van der Waals surface area contributed by atoms with Crippen molar-refractivity contribution in [3.8, 4) is 0 Å². The first kappa shape index (κ1) is 8.16. The maximum absolute atomic E-state index is 11.7. The van der Waals surface area contributed by atoms with Crippen LogP contribution in [0.15, 0.2) is 24.3 Å².